The molecule has 1 aliphatic heterocycles. The summed E-state index contributed by atoms with van der Waals surface area (Å²) < 4.78 is 2.00. The molecule has 1 heterocycles. The standard InChI is InChI=1S/C22H33IN2O3/c1-21(2,3)9-8-14-13-15(22(4,5)10-11-23)18-17(14)19(27)25(20(18)28)12-6-7-16(24)26/h8-11,14-15,17-18H,6-7,12-13H2,1-5H3,(H2,24,26)/b9-8+,11-10+. The SMILES string of the molecule is CC(C)(C)/C=C/C1CC(C(C)(C)/C=C/I)C2C(=O)N(CCCC(N)=O)C(=O)C12. The summed E-state index contributed by atoms with van der Waals surface area (Å²) in [6.07, 6.45) is 7.90. The number of imide groups is 1. The Labute approximate surface area is 182 Å². The summed E-state index contributed by atoms with van der Waals surface area (Å²) in [5.74, 6) is -0.989. The highest BCUT2D eigenvalue weighted by Gasteiger charge is 2.60. The number of fused-ring (bicyclic) bond motifs is 1. The van der Waals surface area contributed by atoms with Gasteiger partial charge in [0.2, 0.25) is 17.7 Å². The molecule has 0 aromatic carbocycles. The van der Waals surface area contributed by atoms with E-state index in [-0.39, 0.29) is 59.3 Å². The van der Waals surface area contributed by atoms with Crippen LogP contribution in [-0.4, -0.2) is 29.2 Å². The predicted octanol–water partition coefficient (Wildman–Crippen LogP) is 4.07. The van der Waals surface area contributed by atoms with E-state index in [1.807, 2.05) is 4.08 Å². The van der Waals surface area contributed by atoms with E-state index in [1.165, 1.54) is 4.90 Å². The first-order chi connectivity index (χ1) is 12.9. The Morgan fingerprint density at radius 1 is 1.14 bits per heavy atom. The van der Waals surface area contributed by atoms with Crippen LogP contribution in [0.5, 0.6) is 0 Å². The van der Waals surface area contributed by atoms with Gasteiger partial charge in [-0.3, -0.25) is 19.3 Å². The van der Waals surface area contributed by atoms with Gasteiger partial charge >= 0.3 is 0 Å². The van der Waals surface area contributed by atoms with Gasteiger partial charge in [-0.05, 0) is 39.6 Å². The van der Waals surface area contributed by atoms with Crippen molar-refractivity contribution in [3.63, 3.8) is 0 Å². The molecular weight excluding hydrogens is 467 g/mol. The Morgan fingerprint density at radius 2 is 1.75 bits per heavy atom. The topological polar surface area (TPSA) is 80.5 Å². The molecular formula is C22H33IN2O3. The van der Waals surface area contributed by atoms with Gasteiger partial charge in [-0.25, -0.2) is 0 Å². The minimum absolute atomic E-state index is 0.0258. The van der Waals surface area contributed by atoms with Crippen molar-refractivity contribution in [1.29, 1.82) is 0 Å². The van der Waals surface area contributed by atoms with E-state index in [9.17, 15) is 14.4 Å². The lowest BCUT2D eigenvalue weighted by atomic mass is 9.72. The van der Waals surface area contributed by atoms with Crippen molar-refractivity contribution in [3.05, 3.63) is 22.3 Å². The number of nitrogens with zero attached hydrogens (tertiary/aromatic N) is 1. The van der Waals surface area contributed by atoms with Crippen LogP contribution >= 0.6 is 22.6 Å². The Kier molecular flexibility index (Phi) is 7.16. The Hall–Kier alpha value is -1.18. The van der Waals surface area contributed by atoms with Crippen LogP contribution in [-0.2, 0) is 14.4 Å². The fourth-order valence-corrected chi connectivity index (χ4v) is 5.46. The van der Waals surface area contributed by atoms with E-state index in [0.29, 0.717) is 6.42 Å². The third-order valence-corrected chi connectivity index (χ3v) is 6.37. The molecule has 0 aromatic rings. The van der Waals surface area contributed by atoms with E-state index in [4.69, 9.17) is 5.73 Å². The predicted molar refractivity (Wildman–Crippen MR) is 119 cm³/mol. The van der Waals surface area contributed by atoms with Gasteiger partial charge in [-0.2, -0.15) is 0 Å². The van der Waals surface area contributed by atoms with Crippen molar-refractivity contribution in [2.75, 3.05) is 6.54 Å². The maximum Gasteiger partial charge on any atom is 0.233 e. The first-order valence-electron chi connectivity index (χ1n) is 10.00. The van der Waals surface area contributed by atoms with Gasteiger partial charge in [0.25, 0.3) is 0 Å². The molecule has 2 rings (SSSR count). The Morgan fingerprint density at radius 3 is 2.29 bits per heavy atom. The lowest BCUT2D eigenvalue weighted by molar-refractivity contribution is -0.141. The molecule has 0 radical (unpaired) electrons. The van der Waals surface area contributed by atoms with Gasteiger partial charge in [0.1, 0.15) is 0 Å². The summed E-state index contributed by atoms with van der Waals surface area (Å²) in [4.78, 5) is 38.8. The molecule has 5 nitrogen and oxygen atoms in total. The van der Waals surface area contributed by atoms with E-state index >= 15 is 0 Å². The second-order valence-corrected chi connectivity index (χ2v) is 10.5. The van der Waals surface area contributed by atoms with Crippen molar-refractivity contribution in [2.45, 2.75) is 53.9 Å². The number of likely N-dealkylation sites (tertiary alicyclic amines) is 1. The molecule has 156 valence electrons. The number of allylic oxidation sites excluding steroid dienone is 3. The molecule has 2 fully saturated rings. The molecule has 1 saturated heterocycles. The molecule has 6 heteroatoms. The van der Waals surface area contributed by atoms with E-state index in [0.717, 1.165) is 6.42 Å². The number of halogens is 1. The van der Waals surface area contributed by atoms with Crippen LogP contribution < -0.4 is 5.73 Å². The number of nitrogens with two attached hydrogens (primary N) is 1. The maximum atomic E-state index is 13.2. The second-order valence-electron chi connectivity index (χ2n) is 9.79. The van der Waals surface area contributed by atoms with Crippen LogP contribution in [0.4, 0.5) is 0 Å². The van der Waals surface area contributed by atoms with E-state index < -0.39 is 5.91 Å². The molecule has 3 amide bonds. The molecule has 1 saturated carbocycles. The summed E-state index contributed by atoms with van der Waals surface area (Å²) in [7, 11) is 0. The molecule has 4 atom stereocenters. The average Bonchev–Trinajstić information content (AvgIpc) is 3.05. The summed E-state index contributed by atoms with van der Waals surface area (Å²) in [5, 5.41) is 0. The van der Waals surface area contributed by atoms with E-state index in [2.05, 4.69) is 75.4 Å². The van der Waals surface area contributed by atoms with Crippen LogP contribution in [0.2, 0.25) is 0 Å². The fraction of sp³-hybridized carbons (Fsp3) is 0.682. The molecule has 0 aromatic heterocycles. The number of hydrogen-bond donors (Lipinski definition) is 1. The molecule has 1 aliphatic carbocycles. The number of carbonyl (C=O) groups excluding carboxylic acids is 3. The highest BCUT2D eigenvalue weighted by molar-refractivity contribution is 14.1. The quantitative estimate of drug-likeness (QED) is 0.325. The van der Waals surface area contributed by atoms with Crippen LogP contribution in [0.15, 0.2) is 22.3 Å². The van der Waals surface area contributed by atoms with Crippen molar-refractivity contribution in [2.24, 2.45) is 40.2 Å². The number of amides is 3. The lowest BCUT2D eigenvalue weighted by Gasteiger charge is -2.32. The minimum Gasteiger partial charge on any atom is -0.370 e. The minimum atomic E-state index is -0.406. The number of hydrogen-bond acceptors (Lipinski definition) is 3. The average molecular weight is 500 g/mol. The Bertz CT molecular complexity index is 690. The molecule has 2 N–H and O–H groups in total. The first kappa shape index (κ1) is 23.1. The molecule has 0 spiro atoms. The van der Waals surface area contributed by atoms with Crippen molar-refractivity contribution >= 4 is 40.3 Å². The molecule has 0 bridgehead atoms. The number of carbonyl (C=O) groups is 3. The van der Waals surface area contributed by atoms with Gasteiger partial charge in [-0.15, -0.1) is 0 Å². The third-order valence-electron chi connectivity index (χ3n) is 6.01. The van der Waals surface area contributed by atoms with Gasteiger partial charge in [0.05, 0.1) is 11.8 Å². The van der Waals surface area contributed by atoms with E-state index in [1.54, 1.807) is 0 Å². The third kappa shape index (κ3) is 5.05. The fourth-order valence-electron chi connectivity index (χ4n) is 4.53. The van der Waals surface area contributed by atoms with Gasteiger partial charge < -0.3 is 5.73 Å². The number of primary amides is 1. The summed E-state index contributed by atoms with van der Waals surface area (Å²) >= 11 is 2.21. The molecule has 2 aliphatic rings. The van der Waals surface area contributed by atoms with Gasteiger partial charge in [0, 0.05) is 13.0 Å². The molecule has 4 unspecified atom stereocenters. The lowest BCUT2D eigenvalue weighted by Crippen LogP contribution is -2.37. The monoisotopic (exact) mass is 500 g/mol. The summed E-state index contributed by atoms with van der Waals surface area (Å²) in [6.45, 7) is 11.0. The van der Waals surface area contributed by atoms with Gasteiger partial charge in [-0.1, -0.05) is 75.4 Å². The number of rotatable bonds is 7. The van der Waals surface area contributed by atoms with Crippen molar-refractivity contribution < 1.29 is 14.4 Å². The van der Waals surface area contributed by atoms with Crippen LogP contribution in [0.1, 0.15) is 53.9 Å². The highest BCUT2D eigenvalue weighted by Crippen LogP contribution is 2.54. The second kappa shape index (κ2) is 8.67. The van der Waals surface area contributed by atoms with Crippen molar-refractivity contribution in [3.8, 4) is 0 Å². The highest BCUT2D eigenvalue weighted by atomic mass is 127. The Balaban J connectivity index is 2.34. The maximum absolute atomic E-state index is 13.2. The first-order valence-corrected chi connectivity index (χ1v) is 11.2. The van der Waals surface area contributed by atoms with Gasteiger partial charge in [0.15, 0.2) is 0 Å². The molecule has 28 heavy (non-hydrogen) atoms. The zero-order valence-electron chi connectivity index (χ0n) is 17.6. The van der Waals surface area contributed by atoms with Crippen LogP contribution in [0.25, 0.3) is 0 Å². The van der Waals surface area contributed by atoms with Crippen molar-refractivity contribution in [1.82, 2.24) is 4.90 Å². The van der Waals surface area contributed by atoms with Crippen LogP contribution in [0, 0.1) is 34.5 Å². The summed E-state index contributed by atoms with van der Waals surface area (Å²) in [5.41, 5.74) is 5.06. The zero-order valence-corrected chi connectivity index (χ0v) is 19.7. The smallest absolute Gasteiger partial charge is 0.233 e. The zero-order chi connectivity index (χ0) is 21.3. The normalized spacial score (nSPS) is 28.7. The summed E-state index contributed by atoms with van der Waals surface area (Å²) in [6, 6.07) is 0. The van der Waals surface area contributed by atoms with Crippen LogP contribution in [0.3, 0.4) is 0 Å². The largest absolute Gasteiger partial charge is 0.370 e.